The summed E-state index contributed by atoms with van der Waals surface area (Å²) < 4.78 is 25.0. The molecule has 116 valence electrons. The number of rotatable bonds is 4. The van der Waals surface area contributed by atoms with Crippen molar-refractivity contribution in [3.63, 3.8) is 0 Å². The van der Waals surface area contributed by atoms with Gasteiger partial charge in [-0.1, -0.05) is 12.1 Å². The number of hydrogen-bond donors (Lipinski definition) is 1. The molecule has 0 saturated carbocycles. The Morgan fingerprint density at radius 1 is 1.29 bits per heavy atom. The van der Waals surface area contributed by atoms with Crippen LogP contribution in [0.4, 0.5) is 0 Å². The van der Waals surface area contributed by atoms with Crippen molar-refractivity contribution in [2.24, 2.45) is 0 Å². The summed E-state index contributed by atoms with van der Waals surface area (Å²) in [5, 5.41) is 0. The number of alkyl halides is 1. The van der Waals surface area contributed by atoms with E-state index in [0.29, 0.717) is 37.4 Å². The molecule has 1 aliphatic rings. The standard InChI is InChI=1S/C14H19ClN2O3S/c1-21(19,20)16-13-6-8-17(9-7-13)14(18)12-4-2-11(10-15)3-5-12/h2-5,13,16H,6-10H2,1H3. The second kappa shape index (κ2) is 6.77. The van der Waals surface area contributed by atoms with Crippen molar-refractivity contribution in [3.05, 3.63) is 35.4 Å². The lowest BCUT2D eigenvalue weighted by Crippen LogP contribution is -2.46. The molecule has 1 N–H and O–H groups in total. The number of nitrogens with one attached hydrogen (secondary N) is 1. The largest absolute Gasteiger partial charge is 0.339 e. The van der Waals surface area contributed by atoms with Gasteiger partial charge in [-0.3, -0.25) is 4.79 Å². The highest BCUT2D eigenvalue weighted by molar-refractivity contribution is 7.88. The zero-order valence-corrected chi connectivity index (χ0v) is 13.5. The number of piperidine rings is 1. The van der Waals surface area contributed by atoms with E-state index in [-0.39, 0.29) is 11.9 Å². The highest BCUT2D eigenvalue weighted by Crippen LogP contribution is 2.15. The number of halogens is 1. The predicted octanol–water partition coefficient (Wildman–Crippen LogP) is 1.58. The fourth-order valence-corrected chi connectivity index (χ4v) is 3.44. The molecule has 1 saturated heterocycles. The second-order valence-electron chi connectivity index (χ2n) is 5.29. The van der Waals surface area contributed by atoms with E-state index < -0.39 is 10.0 Å². The van der Waals surface area contributed by atoms with Crippen LogP contribution in [0.1, 0.15) is 28.8 Å². The average Bonchev–Trinajstić information content (AvgIpc) is 2.46. The molecule has 0 aliphatic carbocycles. The van der Waals surface area contributed by atoms with Gasteiger partial charge in [0.25, 0.3) is 5.91 Å². The number of likely N-dealkylation sites (tertiary alicyclic amines) is 1. The Hall–Kier alpha value is -1.11. The van der Waals surface area contributed by atoms with Crippen LogP contribution in [0.25, 0.3) is 0 Å². The lowest BCUT2D eigenvalue weighted by molar-refractivity contribution is 0.0711. The first-order valence-electron chi connectivity index (χ1n) is 6.80. The summed E-state index contributed by atoms with van der Waals surface area (Å²) in [5.41, 5.74) is 1.61. The van der Waals surface area contributed by atoms with Crippen molar-refractivity contribution >= 4 is 27.5 Å². The molecule has 5 nitrogen and oxygen atoms in total. The molecule has 1 heterocycles. The SMILES string of the molecule is CS(=O)(=O)NC1CCN(C(=O)c2ccc(CCl)cc2)CC1. The Morgan fingerprint density at radius 3 is 2.33 bits per heavy atom. The lowest BCUT2D eigenvalue weighted by atomic mass is 10.0. The maximum absolute atomic E-state index is 12.3. The number of carbonyl (C=O) groups is 1. The molecule has 0 aromatic heterocycles. The van der Waals surface area contributed by atoms with E-state index in [4.69, 9.17) is 11.6 Å². The molecule has 0 spiro atoms. The zero-order valence-electron chi connectivity index (χ0n) is 11.9. The van der Waals surface area contributed by atoms with Crippen LogP contribution in [0.2, 0.25) is 0 Å². The van der Waals surface area contributed by atoms with Crippen LogP contribution >= 0.6 is 11.6 Å². The van der Waals surface area contributed by atoms with Gasteiger partial charge in [0.2, 0.25) is 10.0 Å². The van der Waals surface area contributed by atoms with Gasteiger partial charge in [-0.2, -0.15) is 0 Å². The van der Waals surface area contributed by atoms with Crippen LogP contribution in [-0.2, 0) is 15.9 Å². The first kappa shape index (κ1) is 16.3. The minimum Gasteiger partial charge on any atom is -0.339 e. The van der Waals surface area contributed by atoms with Crippen LogP contribution in [0, 0.1) is 0 Å². The number of nitrogens with zero attached hydrogens (tertiary/aromatic N) is 1. The van der Waals surface area contributed by atoms with Crippen LogP contribution in [0.15, 0.2) is 24.3 Å². The summed E-state index contributed by atoms with van der Waals surface area (Å²) in [6.45, 7) is 1.12. The molecule has 1 aromatic carbocycles. The van der Waals surface area contributed by atoms with Crippen LogP contribution in [0.5, 0.6) is 0 Å². The molecule has 21 heavy (non-hydrogen) atoms. The lowest BCUT2D eigenvalue weighted by Gasteiger charge is -2.32. The monoisotopic (exact) mass is 330 g/mol. The van der Waals surface area contributed by atoms with Gasteiger partial charge >= 0.3 is 0 Å². The molecule has 1 fully saturated rings. The van der Waals surface area contributed by atoms with Crippen molar-refractivity contribution in [1.82, 2.24) is 9.62 Å². The predicted molar refractivity (Wildman–Crippen MR) is 82.9 cm³/mol. The molecule has 1 aliphatic heterocycles. The first-order valence-corrected chi connectivity index (χ1v) is 9.23. The van der Waals surface area contributed by atoms with Crippen LogP contribution in [0.3, 0.4) is 0 Å². The Kier molecular flexibility index (Phi) is 5.24. The minimum atomic E-state index is -3.19. The minimum absolute atomic E-state index is 0.0195. The number of carbonyl (C=O) groups excluding carboxylic acids is 1. The summed E-state index contributed by atoms with van der Waals surface area (Å²) in [6, 6.07) is 7.17. The van der Waals surface area contributed by atoms with Crippen LogP contribution < -0.4 is 4.72 Å². The van der Waals surface area contributed by atoms with Crippen molar-refractivity contribution in [1.29, 1.82) is 0 Å². The Labute approximate surface area is 130 Å². The zero-order chi connectivity index (χ0) is 15.5. The molecule has 1 amide bonds. The van der Waals surface area contributed by atoms with E-state index in [2.05, 4.69) is 4.72 Å². The molecule has 2 rings (SSSR count). The highest BCUT2D eigenvalue weighted by atomic mass is 35.5. The summed E-state index contributed by atoms with van der Waals surface area (Å²) in [6.07, 6.45) is 2.43. The smallest absolute Gasteiger partial charge is 0.253 e. The van der Waals surface area contributed by atoms with Gasteiger partial charge in [-0.05, 0) is 30.5 Å². The summed E-state index contributed by atoms with van der Waals surface area (Å²) in [7, 11) is -3.19. The van der Waals surface area contributed by atoms with E-state index in [1.807, 2.05) is 12.1 Å². The maximum Gasteiger partial charge on any atom is 0.253 e. The third-order valence-electron chi connectivity index (χ3n) is 3.52. The Balaban J connectivity index is 1.93. The summed E-state index contributed by atoms with van der Waals surface area (Å²) in [4.78, 5) is 14.1. The molecular weight excluding hydrogens is 312 g/mol. The first-order chi connectivity index (χ1) is 9.89. The summed E-state index contributed by atoms with van der Waals surface area (Å²) in [5.74, 6) is 0.408. The molecule has 0 atom stereocenters. The quantitative estimate of drug-likeness (QED) is 0.852. The average molecular weight is 331 g/mol. The van der Waals surface area contributed by atoms with Gasteiger partial charge in [0.1, 0.15) is 0 Å². The highest BCUT2D eigenvalue weighted by Gasteiger charge is 2.25. The number of benzene rings is 1. The topological polar surface area (TPSA) is 66.5 Å². The van der Waals surface area contributed by atoms with Gasteiger partial charge in [0, 0.05) is 30.6 Å². The third-order valence-corrected chi connectivity index (χ3v) is 4.59. The van der Waals surface area contributed by atoms with Gasteiger partial charge in [-0.15, -0.1) is 11.6 Å². The molecule has 0 radical (unpaired) electrons. The van der Waals surface area contributed by atoms with Crippen molar-refractivity contribution in [2.45, 2.75) is 24.8 Å². The summed E-state index contributed by atoms with van der Waals surface area (Å²) >= 11 is 5.72. The maximum atomic E-state index is 12.3. The number of hydrogen-bond acceptors (Lipinski definition) is 3. The van der Waals surface area contributed by atoms with E-state index in [1.54, 1.807) is 17.0 Å². The molecule has 1 aromatic rings. The molecule has 0 bridgehead atoms. The van der Waals surface area contributed by atoms with Crippen molar-refractivity contribution in [3.8, 4) is 0 Å². The number of sulfonamides is 1. The van der Waals surface area contributed by atoms with Gasteiger partial charge in [-0.25, -0.2) is 13.1 Å². The fraction of sp³-hybridized carbons (Fsp3) is 0.500. The van der Waals surface area contributed by atoms with Gasteiger partial charge < -0.3 is 4.90 Å². The number of amides is 1. The van der Waals surface area contributed by atoms with Crippen molar-refractivity contribution < 1.29 is 13.2 Å². The van der Waals surface area contributed by atoms with Crippen molar-refractivity contribution in [2.75, 3.05) is 19.3 Å². The van der Waals surface area contributed by atoms with Crippen LogP contribution in [-0.4, -0.2) is 44.6 Å². The molecular formula is C14H19ClN2O3S. The Morgan fingerprint density at radius 2 is 1.86 bits per heavy atom. The Bertz CT molecular complexity index is 593. The van der Waals surface area contributed by atoms with E-state index in [9.17, 15) is 13.2 Å². The third kappa shape index (κ3) is 4.69. The molecule has 0 unspecified atom stereocenters. The fourth-order valence-electron chi connectivity index (χ4n) is 2.42. The van der Waals surface area contributed by atoms with E-state index in [1.165, 1.54) is 0 Å². The van der Waals surface area contributed by atoms with E-state index >= 15 is 0 Å². The second-order valence-corrected chi connectivity index (χ2v) is 7.33. The van der Waals surface area contributed by atoms with Gasteiger partial charge in [0.05, 0.1) is 6.26 Å². The molecule has 7 heteroatoms. The normalized spacial score (nSPS) is 17.0. The van der Waals surface area contributed by atoms with E-state index in [0.717, 1.165) is 11.8 Å². The van der Waals surface area contributed by atoms with Gasteiger partial charge in [0.15, 0.2) is 0 Å².